The molecule has 0 saturated heterocycles. The number of methoxy groups -OCH3 is 1. The van der Waals surface area contributed by atoms with Crippen LogP contribution in [0, 0.1) is 40.4 Å². The van der Waals surface area contributed by atoms with Crippen LogP contribution in [0.4, 0.5) is 0 Å². The first-order chi connectivity index (χ1) is 13.4. The van der Waals surface area contributed by atoms with Gasteiger partial charge in [-0.2, -0.15) is 0 Å². The Balaban J connectivity index is 0.00000240. The van der Waals surface area contributed by atoms with Gasteiger partial charge in [-0.1, -0.05) is 19.0 Å². The number of rotatable bonds is 5. The fourth-order valence-corrected chi connectivity index (χ4v) is 7.74. The molecule has 5 nitrogen and oxygen atoms in total. The molecule has 0 aromatic rings. The van der Waals surface area contributed by atoms with Crippen molar-refractivity contribution in [3.05, 3.63) is 0 Å². The molecular formula is C23H39ClN2O3. The van der Waals surface area contributed by atoms with Crippen LogP contribution in [0.3, 0.4) is 0 Å². The number of oxime groups is 1. The van der Waals surface area contributed by atoms with Crippen LogP contribution in [-0.2, 0) is 14.4 Å². The second-order valence-corrected chi connectivity index (χ2v) is 10.3. The maximum absolute atomic E-state index is 12.7. The largest absolute Gasteiger partial charge is 0.395 e. The Bertz CT molecular complexity index is 642. The van der Waals surface area contributed by atoms with Crippen LogP contribution in [0.1, 0.15) is 65.2 Å². The molecule has 0 spiro atoms. The first-order valence-electron chi connectivity index (χ1n) is 11.3. The molecule has 4 aliphatic carbocycles. The molecule has 0 bridgehead atoms. The molecule has 4 fully saturated rings. The van der Waals surface area contributed by atoms with E-state index >= 15 is 0 Å². The van der Waals surface area contributed by atoms with Gasteiger partial charge in [-0.25, -0.2) is 0 Å². The molecule has 4 rings (SSSR count). The Morgan fingerprint density at radius 1 is 1.14 bits per heavy atom. The highest BCUT2D eigenvalue weighted by atomic mass is 35.5. The van der Waals surface area contributed by atoms with Crippen LogP contribution in [0.25, 0.3) is 0 Å². The number of carbonyl (C=O) groups excluding carboxylic acids is 1. The standard InChI is InChI=1S/C23H38N2O3.ClH/c1-22-8-6-16(25-28-11-10-24)13-20(22)15(14-27-3)12-17-18-4-5-21(26)23(18,2)9-7-19(17)22;/h15,17-20H,4-14,24H2,1-3H3;1H/t15?,17-,18-,19+,20?,22+,23-;/m0./s1. The predicted molar refractivity (Wildman–Crippen MR) is 117 cm³/mol. The number of hydrogen-bond donors (Lipinski definition) is 1. The summed E-state index contributed by atoms with van der Waals surface area (Å²) in [5.41, 5.74) is 7.00. The highest BCUT2D eigenvalue weighted by Gasteiger charge is 2.61. The fourth-order valence-electron chi connectivity index (χ4n) is 7.74. The summed E-state index contributed by atoms with van der Waals surface area (Å²) in [6.07, 6.45) is 8.66. The van der Waals surface area contributed by atoms with Crippen molar-refractivity contribution in [3.8, 4) is 0 Å². The van der Waals surface area contributed by atoms with E-state index in [2.05, 4.69) is 19.0 Å². The van der Waals surface area contributed by atoms with Gasteiger partial charge in [0.05, 0.1) is 5.71 Å². The van der Waals surface area contributed by atoms with Gasteiger partial charge in [0.2, 0.25) is 0 Å². The molecule has 0 aromatic carbocycles. The zero-order valence-electron chi connectivity index (χ0n) is 18.3. The van der Waals surface area contributed by atoms with Gasteiger partial charge < -0.3 is 15.3 Å². The van der Waals surface area contributed by atoms with Crippen molar-refractivity contribution in [2.45, 2.75) is 65.2 Å². The number of nitrogens with zero attached hydrogens (tertiary/aromatic N) is 1. The van der Waals surface area contributed by atoms with Gasteiger partial charge >= 0.3 is 0 Å². The first kappa shape index (κ1) is 23.0. The Hall–Kier alpha value is -0.650. The van der Waals surface area contributed by atoms with Gasteiger partial charge in [-0.15, -0.1) is 12.4 Å². The van der Waals surface area contributed by atoms with Crippen molar-refractivity contribution in [3.63, 3.8) is 0 Å². The van der Waals surface area contributed by atoms with E-state index in [0.717, 1.165) is 44.6 Å². The van der Waals surface area contributed by atoms with E-state index in [-0.39, 0.29) is 17.8 Å². The first-order valence-corrected chi connectivity index (χ1v) is 11.3. The molecule has 7 atom stereocenters. The van der Waals surface area contributed by atoms with E-state index in [9.17, 15) is 4.79 Å². The van der Waals surface area contributed by atoms with Crippen molar-refractivity contribution in [1.82, 2.24) is 0 Å². The van der Waals surface area contributed by atoms with E-state index < -0.39 is 0 Å². The topological polar surface area (TPSA) is 73.9 Å². The van der Waals surface area contributed by atoms with E-state index in [0.29, 0.717) is 48.0 Å². The summed E-state index contributed by atoms with van der Waals surface area (Å²) < 4.78 is 5.69. The lowest BCUT2D eigenvalue weighted by atomic mass is 9.43. The molecule has 6 heteroatoms. The second-order valence-electron chi connectivity index (χ2n) is 10.3. The number of carbonyl (C=O) groups is 1. The van der Waals surface area contributed by atoms with E-state index in [1.54, 1.807) is 0 Å². The molecule has 4 aliphatic rings. The molecule has 4 saturated carbocycles. The molecule has 0 aromatic heterocycles. The van der Waals surface area contributed by atoms with Gasteiger partial charge in [0.1, 0.15) is 12.4 Å². The minimum atomic E-state index is -0.0562. The summed E-state index contributed by atoms with van der Waals surface area (Å²) in [6.45, 7) is 6.62. The summed E-state index contributed by atoms with van der Waals surface area (Å²) in [5.74, 6) is 3.68. The summed E-state index contributed by atoms with van der Waals surface area (Å²) in [5, 5.41) is 4.42. The van der Waals surface area contributed by atoms with Crippen molar-refractivity contribution in [2.75, 3.05) is 26.9 Å². The number of hydrogen-bond acceptors (Lipinski definition) is 5. The third-order valence-electron chi connectivity index (χ3n) is 9.18. The summed E-state index contributed by atoms with van der Waals surface area (Å²) >= 11 is 0. The Morgan fingerprint density at radius 2 is 1.93 bits per heavy atom. The number of ketones is 1. The molecule has 0 radical (unpaired) electrons. The highest BCUT2D eigenvalue weighted by molar-refractivity contribution is 5.87. The second kappa shape index (κ2) is 8.84. The SMILES string of the molecule is COCC1C[C@@H]2[C@@H](CC[C@]3(C)C(=O)CC[C@@H]23)[C@@]2(C)CCC(=NOCCN)CC12.Cl. The van der Waals surface area contributed by atoms with Gasteiger partial charge in [-0.05, 0) is 80.0 Å². The van der Waals surface area contributed by atoms with Gasteiger partial charge in [-0.3, -0.25) is 4.79 Å². The van der Waals surface area contributed by atoms with E-state index in [4.69, 9.17) is 15.3 Å². The van der Waals surface area contributed by atoms with Crippen LogP contribution in [0.15, 0.2) is 5.16 Å². The lowest BCUT2D eigenvalue weighted by Crippen LogP contribution is -2.57. The lowest BCUT2D eigenvalue weighted by Gasteiger charge is -2.61. The third-order valence-corrected chi connectivity index (χ3v) is 9.18. The van der Waals surface area contributed by atoms with Crippen LogP contribution in [0.2, 0.25) is 0 Å². The van der Waals surface area contributed by atoms with Gasteiger partial charge in [0.15, 0.2) is 0 Å². The molecule has 0 amide bonds. The molecule has 166 valence electrons. The van der Waals surface area contributed by atoms with Crippen molar-refractivity contribution >= 4 is 23.9 Å². The fraction of sp³-hybridized carbons (Fsp3) is 0.913. The Labute approximate surface area is 181 Å². The number of Topliss-reactive ketones (excluding diaryl/α,β-unsaturated/α-hetero) is 1. The minimum absolute atomic E-state index is 0. The molecule has 2 N–H and O–H groups in total. The number of ether oxygens (including phenoxy) is 1. The van der Waals surface area contributed by atoms with Crippen LogP contribution in [-0.4, -0.2) is 38.4 Å². The zero-order valence-corrected chi connectivity index (χ0v) is 19.1. The van der Waals surface area contributed by atoms with E-state index in [1.807, 2.05) is 7.11 Å². The summed E-state index contributed by atoms with van der Waals surface area (Å²) in [7, 11) is 1.83. The van der Waals surface area contributed by atoms with Crippen LogP contribution in [0.5, 0.6) is 0 Å². The zero-order chi connectivity index (χ0) is 19.9. The monoisotopic (exact) mass is 426 g/mol. The number of nitrogens with two attached hydrogens (primary N) is 1. The molecule has 0 aliphatic heterocycles. The van der Waals surface area contributed by atoms with Crippen molar-refractivity contribution < 1.29 is 14.4 Å². The van der Waals surface area contributed by atoms with E-state index in [1.165, 1.54) is 25.0 Å². The average molecular weight is 427 g/mol. The summed E-state index contributed by atoms with van der Waals surface area (Å²) in [4.78, 5) is 18.1. The maximum Gasteiger partial charge on any atom is 0.139 e. The average Bonchev–Trinajstić information content (AvgIpc) is 2.98. The molecule has 2 unspecified atom stereocenters. The summed E-state index contributed by atoms with van der Waals surface area (Å²) in [6, 6.07) is 0. The molecular weight excluding hydrogens is 388 g/mol. The maximum atomic E-state index is 12.7. The van der Waals surface area contributed by atoms with Gasteiger partial charge in [0, 0.05) is 32.1 Å². The smallest absolute Gasteiger partial charge is 0.139 e. The normalized spacial score (nSPS) is 45.2. The quantitative estimate of drug-likeness (QED) is 0.527. The highest BCUT2D eigenvalue weighted by Crippen LogP contribution is 2.66. The van der Waals surface area contributed by atoms with Crippen LogP contribution < -0.4 is 5.73 Å². The molecule has 0 heterocycles. The number of halogens is 1. The minimum Gasteiger partial charge on any atom is -0.395 e. The molecule has 29 heavy (non-hydrogen) atoms. The van der Waals surface area contributed by atoms with Crippen molar-refractivity contribution in [1.29, 1.82) is 0 Å². The lowest BCUT2D eigenvalue weighted by molar-refractivity contribution is -0.145. The predicted octanol–water partition coefficient (Wildman–Crippen LogP) is 4.22. The Kier molecular flexibility index (Phi) is 7.02. The van der Waals surface area contributed by atoms with Crippen LogP contribution >= 0.6 is 12.4 Å². The van der Waals surface area contributed by atoms with Gasteiger partial charge in [0.25, 0.3) is 0 Å². The number of fused-ring (bicyclic) bond motifs is 5. The Morgan fingerprint density at radius 3 is 2.66 bits per heavy atom. The van der Waals surface area contributed by atoms with Crippen molar-refractivity contribution in [2.24, 2.45) is 51.3 Å². The third kappa shape index (κ3) is 3.76.